The maximum Gasteiger partial charge on any atom is 0.0456 e. The molecule has 0 spiro atoms. The molecule has 1 nitrogen and oxygen atoms in total. The molecule has 0 radical (unpaired) electrons. The number of hydrogen-bond acceptors (Lipinski definition) is 0. The van der Waals surface area contributed by atoms with Gasteiger partial charge < -0.3 is 4.98 Å². The Hall–Kier alpha value is -1.24. The largest absolute Gasteiger partial charge is 0.358 e. The van der Waals surface area contributed by atoms with Crippen LogP contribution < -0.4 is 0 Å². The molecule has 0 aliphatic heterocycles. The Balaban J connectivity index is 2.69. The normalized spacial score (nSPS) is 10.6. The number of para-hydroxylation sites is 1. The average Bonchev–Trinajstić information content (AvgIpc) is 2.46. The van der Waals surface area contributed by atoms with Crippen molar-refractivity contribution in [2.75, 3.05) is 0 Å². The zero-order valence-electron chi connectivity index (χ0n) is 6.59. The van der Waals surface area contributed by atoms with Crippen molar-refractivity contribution in [2.45, 2.75) is 13.3 Å². The number of rotatable bonds is 1. The Morgan fingerprint density at radius 3 is 2.82 bits per heavy atom. The van der Waals surface area contributed by atoms with E-state index in [0.717, 1.165) is 6.42 Å². The molecule has 0 atom stereocenters. The van der Waals surface area contributed by atoms with Gasteiger partial charge >= 0.3 is 0 Å². The van der Waals surface area contributed by atoms with Gasteiger partial charge in [0.15, 0.2) is 0 Å². The highest BCUT2D eigenvalue weighted by molar-refractivity contribution is 5.80. The molecule has 1 aromatic heterocycles. The van der Waals surface area contributed by atoms with Gasteiger partial charge in [0, 0.05) is 11.2 Å². The van der Waals surface area contributed by atoms with Crippen molar-refractivity contribution in [3.63, 3.8) is 0 Å². The molecular weight excluding hydrogens is 134 g/mol. The highest BCUT2D eigenvalue weighted by Gasteiger charge is 1.95. The molecule has 0 amide bonds. The van der Waals surface area contributed by atoms with Crippen LogP contribution in [0.3, 0.4) is 0 Å². The fourth-order valence-corrected chi connectivity index (χ4v) is 1.32. The summed E-state index contributed by atoms with van der Waals surface area (Å²) in [7, 11) is 0. The van der Waals surface area contributed by atoms with Crippen LogP contribution in [0.5, 0.6) is 0 Å². The summed E-state index contributed by atoms with van der Waals surface area (Å²) < 4.78 is 0. The van der Waals surface area contributed by atoms with E-state index >= 15 is 0 Å². The van der Waals surface area contributed by atoms with Crippen LogP contribution in [-0.2, 0) is 6.42 Å². The number of aromatic amines is 1. The summed E-state index contributed by atoms with van der Waals surface area (Å²) in [5.74, 6) is 0. The third kappa shape index (κ3) is 1.03. The van der Waals surface area contributed by atoms with E-state index in [1.54, 1.807) is 0 Å². The molecule has 0 fully saturated rings. The maximum absolute atomic E-state index is 3.35. The monoisotopic (exact) mass is 145 g/mol. The Morgan fingerprint density at radius 2 is 2.09 bits per heavy atom. The smallest absolute Gasteiger partial charge is 0.0456 e. The van der Waals surface area contributed by atoms with Gasteiger partial charge in [0.05, 0.1) is 0 Å². The zero-order valence-corrected chi connectivity index (χ0v) is 6.59. The highest BCUT2D eigenvalue weighted by atomic mass is 14.7. The number of aromatic nitrogens is 1. The van der Waals surface area contributed by atoms with E-state index in [2.05, 4.69) is 42.2 Å². The second-order valence-corrected chi connectivity index (χ2v) is 2.74. The minimum Gasteiger partial charge on any atom is -0.358 e. The first-order chi connectivity index (χ1) is 5.40. The number of benzene rings is 1. The van der Waals surface area contributed by atoms with Gasteiger partial charge in [-0.25, -0.2) is 0 Å². The van der Waals surface area contributed by atoms with E-state index in [4.69, 9.17) is 0 Å². The van der Waals surface area contributed by atoms with E-state index in [1.165, 1.54) is 16.6 Å². The standard InChI is InChI=1S/C10H11N/c1-2-9-7-8-5-3-4-6-10(8)11-9/h3-7,11H,2H2,1H3. The summed E-state index contributed by atoms with van der Waals surface area (Å²) in [5, 5.41) is 1.31. The number of nitrogens with one attached hydrogen (secondary N) is 1. The Morgan fingerprint density at radius 1 is 1.27 bits per heavy atom. The van der Waals surface area contributed by atoms with Crippen molar-refractivity contribution in [1.82, 2.24) is 4.98 Å². The van der Waals surface area contributed by atoms with Crippen molar-refractivity contribution in [3.05, 3.63) is 36.0 Å². The van der Waals surface area contributed by atoms with Gasteiger partial charge in [-0.15, -0.1) is 0 Å². The summed E-state index contributed by atoms with van der Waals surface area (Å²) in [6.07, 6.45) is 1.08. The van der Waals surface area contributed by atoms with E-state index < -0.39 is 0 Å². The highest BCUT2D eigenvalue weighted by Crippen LogP contribution is 2.14. The second-order valence-electron chi connectivity index (χ2n) is 2.74. The van der Waals surface area contributed by atoms with Crippen molar-refractivity contribution in [3.8, 4) is 0 Å². The van der Waals surface area contributed by atoms with Crippen LogP contribution in [0.2, 0.25) is 0 Å². The number of fused-ring (bicyclic) bond motifs is 1. The molecule has 1 N–H and O–H groups in total. The summed E-state index contributed by atoms with van der Waals surface area (Å²) >= 11 is 0. The molecule has 0 aliphatic rings. The van der Waals surface area contributed by atoms with Crippen LogP contribution in [-0.4, -0.2) is 4.98 Å². The Bertz CT molecular complexity index is 327. The summed E-state index contributed by atoms with van der Waals surface area (Å²) in [6.45, 7) is 2.16. The quantitative estimate of drug-likeness (QED) is 0.635. The van der Waals surface area contributed by atoms with E-state index in [0.29, 0.717) is 0 Å². The van der Waals surface area contributed by atoms with Crippen LogP contribution in [0.1, 0.15) is 12.6 Å². The van der Waals surface area contributed by atoms with E-state index in [1.807, 2.05) is 0 Å². The van der Waals surface area contributed by atoms with E-state index in [9.17, 15) is 0 Å². The van der Waals surface area contributed by atoms with Crippen LogP contribution in [0.15, 0.2) is 30.3 Å². The predicted molar refractivity (Wildman–Crippen MR) is 47.7 cm³/mol. The molecular formula is C10H11N. The molecule has 1 aromatic carbocycles. The summed E-state index contributed by atoms with van der Waals surface area (Å²) in [6, 6.07) is 10.6. The van der Waals surface area contributed by atoms with Gasteiger partial charge in [0.2, 0.25) is 0 Å². The first-order valence-corrected chi connectivity index (χ1v) is 3.97. The molecule has 1 heteroatoms. The molecule has 0 aliphatic carbocycles. The molecule has 0 saturated heterocycles. The lowest BCUT2D eigenvalue weighted by molar-refractivity contribution is 1.07. The Labute approximate surface area is 66.1 Å². The third-order valence-electron chi connectivity index (χ3n) is 1.97. The lowest BCUT2D eigenvalue weighted by Crippen LogP contribution is -1.74. The first kappa shape index (κ1) is 6.47. The second kappa shape index (κ2) is 2.42. The van der Waals surface area contributed by atoms with Gasteiger partial charge in [0.25, 0.3) is 0 Å². The lowest BCUT2D eigenvalue weighted by Gasteiger charge is -1.85. The molecule has 0 saturated carbocycles. The zero-order chi connectivity index (χ0) is 7.68. The van der Waals surface area contributed by atoms with Gasteiger partial charge in [-0.05, 0) is 23.9 Å². The number of aryl methyl sites for hydroxylation is 1. The van der Waals surface area contributed by atoms with Crippen LogP contribution in [0.4, 0.5) is 0 Å². The van der Waals surface area contributed by atoms with Crippen LogP contribution >= 0.6 is 0 Å². The SMILES string of the molecule is CCc1cc2ccccc2[nH]1. The van der Waals surface area contributed by atoms with Crippen LogP contribution in [0.25, 0.3) is 10.9 Å². The number of H-pyrrole nitrogens is 1. The fraction of sp³-hybridized carbons (Fsp3) is 0.200. The topological polar surface area (TPSA) is 15.8 Å². The first-order valence-electron chi connectivity index (χ1n) is 3.97. The Kier molecular flexibility index (Phi) is 1.42. The van der Waals surface area contributed by atoms with Gasteiger partial charge in [-0.2, -0.15) is 0 Å². The van der Waals surface area contributed by atoms with E-state index in [-0.39, 0.29) is 0 Å². The van der Waals surface area contributed by atoms with Crippen molar-refractivity contribution in [1.29, 1.82) is 0 Å². The lowest BCUT2D eigenvalue weighted by atomic mass is 10.2. The molecule has 11 heavy (non-hydrogen) atoms. The van der Waals surface area contributed by atoms with Crippen molar-refractivity contribution >= 4 is 10.9 Å². The molecule has 2 aromatic rings. The maximum atomic E-state index is 3.35. The average molecular weight is 145 g/mol. The molecule has 2 rings (SSSR count). The molecule has 0 bridgehead atoms. The molecule has 56 valence electrons. The summed E-state index contributed by atoms with van der Waals surface area (Å²) in [5.41, 5.74) is 2.55. The summed E-state index contributed by atoms with van der Waals surface area (Å²) in [4.78, 5) is 3.35. The van der Waals surface area contributed by atoms with Crippen molar-refractivity contribution in [2.24, 2.45) is 0 Å². The third-order valence-corrected chi connectivity index (χ3v) is 1.97. The number of hydrogen-bond donors (Lipinski definition) is 1. The van der Waals surface area contributed by atoms with Gasteiger partial charge in [-0.3, -0.25) is 0 Å². The van der Waals surface area contributed by atoms with Crippen molar-refractivity contribution < 1.29 is 0 Å². The molecule has 1 heterocycles. The van der Waals surface area contributed by atoms with Crippen LogP contribution in [0, 0.1) is 0 Å². The fourth-order valence-electron chi connectivity index (χ4n) is 1.32. The molecule has 0 unspecified atom stereocenters. The van der Waals surface area contributed by atoms with Gasteiger partial charge in [0.1, 0.15) is 0 Å². The minimum atomic E-state index is 1.08. The minimum absolute atomic E-state index is 1.08. The van der Waals surface area contributed by atoms with Gasteiger partial charge in [-0.1, -0.05) is 25.1 Å². The predicted octanol–water partition coefficient (Wildman–Crippen LogP) is 2.73.